The Hall–Kier alpha value is -2.32. The monoisotopic (exact) mass is 515 g/mol. The Morgan fingerprint density at radius 2 is 1.72 bits per heavy atom. The van der Waals surface area contributed by atoms with Crippen LogP contribution in [0, 0.1) is 5.92 Å². The van der Waals surface area contributed by atoms with Gasteiger partial charge in [-0.3, -0.25) is 14.6 Å². The molecule has 0 aliphatic carbocycles. The fourth-order valence-corrected chi connectivity index (χ4v) is 5.46. The highest BCUT2D eigenvalue weighted by Crippen LogP contribution is 2.28. The molecule has 0 unspecified atom stereocenters. The smallest absolute Gasteiger partial charge is 0.220 e. The largest absolute Gasteiger partial charge is 0.497 e. The molecule has 1 amide bonds. The van der Waals surface area contributed by atoms with Crippen molar-refractivity contribution >= 4 is 17.5 Å². The van der Waals surface area contributed by atoms with Gasteiger partial charge in [-0.2, -0.15) is 0 Å². The number of methoxy groups -OCH3 is 2. The Balaban J connectivity index is 1.34. The zero-order valence-electron chi connectivity index (χ0n) is 21.4. The molecule has 1 N–H and O–H groups in total. The first-order valence-corrected chi connectivity index (χ1v) is 13.2. The van der Waals surface area contributed by atoms with Crippen molar-refractivity contribution in [3.63, 3.8) is 0 Å². The predicted molar refractivity (Wildman–Crippen MR) is 142 cm³/mol. The van der Waals surface area contributed by atoms with Crippen molar-refractivity contribution in [2.24, 2.45) is 5.92 Å². The highest BCUT2D eigenvalue weighted by atomic mass is 35.5. The number of likely N-dealkylation sites (tertiary alicyclic amines) is 1. The lowest BCUT2D eigenvalue weighted by Crippen LogP contribution is -2.54. The van der Waals surface area contributed by atoms with Gasteiger partial charge in [0.2, 0.25) is 5.91 Å². The number of morpholine rings is 1. The van der Waals surface area contributed by atoms with Crippen LogP contribution >= 0.6 is 11.6 Å². The number of nitrogens with one attached hydrogen (secondary N) is 1. The van der Waals surface area contributed by atoms with E-state index in [1.807, 2.05) is 30.3 Å². The summed E-state index contributed by atoms with van der Waals surface area (Å²) in [5.74, 6) is 1.95. The van der Waals surface area contributed by atoms with Crippen LogP contribution in [-0.4, -0.2) is 75.4 Å². The second kappa shape index (κ2) is 13.3. The van der Waals surface area contributed by atoms with E-state index in [0.29, 0.717) is 24.9 Å². The number of carbonyl (C=O) groups is 1. The van der Waals surface area contributed by atoms with E-state index in [9.17, 15) is 4.79 Å². The lowest BCUT2D eigenvalue weighted by atomic mass is 9.86. The van der Waals surface area contributed by atoms with Gasteiger partial charge in [-0.25, -0.2) is 0 Å². The van der Waals surface area contributed by atoms with Gasteiger partial charge in [-0.1, -0.05) is 23.7 Å². The van der Waals surface area contributed by atoms with E-state index in [1.165, 1.54) is 5.56 Å². The molecule has 0 saturated carbocycles. The molecule has 2 aromatic carbocycles. The molecule has 2 aliphatic rings. The van der Waals surface area contributed by atoms with Crippen molar-refractivity contribution in [1.29, 1.82) is 0 Å². The van der Waals surface area contributed by atoms with Gasteiger partial charge in [0, 0.05) is 56.3 Å². The van der Waals surface area contributed by atoms with E-state index < -0.39 is 0 Å². The molecule has 2 saturated heterocycles. The minimum atomic E-state index is 0.0762. The number of piperidine rings is 1. The molecule has 0 radical (unpaired) electrons. The highest BCUT2D eigenvalue weighted by Gasteiger charge is 2.34. The summed E-state index contributed by atoms with van der Waals surface area (Å²) in [5, 5.41) is 3.85. The maximum absolute atomic E-state index is 12.8. The van der Waals surface area contributed by atoms with Gasteiger partial charge in [0.15, 0.2) is 0 Å². The fraction of sp³-hybridized carbons (Fsp3) is 0.536. The third-order valence-electron chi connectivity index (χ3n) is 7.26. The number of ether oxygens (including phenoxy) is 3. The van der Waals surface area contributed by atoms with E-state index in [1.54, 1.807) is 14.2 Å². The Bertz CT molecular complexity index is 959. The summed E-state index contributed by atoms with van der Waals surface area (Å²) >= 11 is 6.07. The van der Waals surface area contributed by atoms with Crippen LogP contribution in [0.4, 0.5) is 0 Å². The first-order valence-electron chi connectivity index (χ1n) is 12.8. The average molecular weight is 516 g/mol. The standard InChI is InChI=1S/C28H38ClN3O4/c1-34-25-15-22(16-26(17-25)35-2)18-30-28(33)8-5-23-20-31(19-21-3-6-24(29)7-4-21)10-9-27(23)32-11-13-36-14-12-32/h3-4,6-7,15-17,23,27H,5,8-14,18-20H2,1-2H3,(H,30,33)/t23-,27+/m0/s1. The minimum Gasteiger partial charge on any atom is -0.497 e. The predicted octanol–water partition coefficient (Wildman–Crippen LogP) is 3.98. The summed E-state index contributed by atoms with van der Waals surface area (Å²) in [7, 11) is 3.25. The van der Waals surface area contributed by atoms with Crippen molar-refractivity contribution < 1.29 is 19.0 Å². The summed E-state index contributed by atoms with van der Waals surface area (Å²) in [6.45, 7) is 6.95. The van der Waals surface area contributed by atoms with Gasteiger partial charge in [-0.05, 0) is 60.7 Å². The highest BCUT2D eigenvalue weighted by molar-refractivity contribution is 6.30. The van der Waals surface area contributed by atoms with E-state index in [-0.39, 0.29) is 5.91 Å². The fourth-order valence-electron chi connectivity index (χ4n) is 5.33. The van der Waals surface area contributed by atoms with Crippen molar-refractivity contribution in [2.45, 2.75) is 38.4 Å². The van der Waals surface area contributed by atoms with Crippen LogP contribution in [0.5, 0.6) is 11.5 Å². The number of carbonyl (C=O) groups excluding carboxylic acids is 1. The Morgan fingerprint density at radius 3 is 2.39 bits per heavy atom. The number of benzene rings is 2. The van der Waals surface area contributed by atoms with Crippen LogP contribution in [0.2, 0.25) is 5.02 Å². The molecular formula is C28H38ClN3O4. The van der Waals surface area contributed by atoms with Crippen LogP contribution in [0.25, 0.3) is 0 Å². The molecule has 2 aromatic rings. The van der Waals surface area contributed by atoms with E-state index in [4.69, 9.17) is 25.8 Å². The number of hydrogen-bond acceptors (Lipinski definition) is 6. The van der Waals surface area contributed by atoms with Crippen molar-refractivity contribution in [3.05, 3.63) is 58.6 Å². The number of rotatable bonds is 10. The molecule has 2 heterocycles. The molecular weight excluding hydrogens is 478 g/mol. The van der Waals surface area contributed by atoms with E-state index in [2.05, 4.69) is 27.2 Å². The second-order valence-electron chi connectivity index (χ2n) is 9.66. The average Bonchev–Trinajstić information content (AvgIpc) is 2.92. The molecule has 4 rings (SSSR count). The van der Waals surface area contributed by atoms with Gasteiger partial charge in [0.25, 0.3) is 0 Å². The maximum Gasteiger partial charge on any atom is 0.220 e. The second-order valence-corrected chi connectivity index (χ2v) is 10.1. The van der Waals surface area contributed by atoms with Crippen LogP contribution in [0.3, 0.4) is 0 Å². The van der Waals surface area contributed by atoms with Gasteiger partial charge in [0.05, 0.1) is 27.4 Å². The van der Waals surface area contributed by atoms with Crippen molar-refractivity contribution in [2.75, 3.05) is 53.6 Å². The number of halogens is 1. The summed E-state index contributed by atoms with van der Waals surface area (Å²) in [4.78, 5) is 17.9. The van der Waals surface area contributed by atoms with Crippen LogP contribution < -0.4 is 14.8 Å². The van der Waals surface area contributed by atoms with Crippen LogP contribution in [-0.2, 0) is 22.6 Å². The lowest BCUT2D eigenvalue weighted by Gasteiger charge is -2.45. The summed E-state index contributed by atoms with van der Waals surface area (Å²) in [6, 6.07) is 14.3. The number of hydrogen-bond donors (Lipinski definition) is 1. The third kappa shape index (κ3) is 7.59. The normalized spacial score (nSPS) is 21.2. The SMILES string of the molecule is COc1cc(CNC(=O)CC[C@H]2CN(Cc3ccc(Cl)cc3)CC[C@H]2N2CCOCC2)cc(OC)c1. The minimum absolute atomic E-state index is 0.0762. The molecule has 8 heteroatoms. The molecule has 0 bridgehead atoms. The van der Waals surface area contributed by atoms with Gasteiger partial charge < -0.3 is 19.5 Å². The molecule has 0 spiro atoms. The zero-order valence-corrected chi connectivity index (χ0v) is 22.1. The summed E-state index contributed by atoms with van der Waals surface area (Å²) in [5.41, 5.74) is 2.23. The van der Waals surface area contributed by atoms with Crippen LogP contribution in [0.1, 0.15) is 30.4 Å². The van der Waals surface area contributed by atoms with Gasteiger partial charge in [-0.15, -0.1) is 0 Å². The van der Waals surface area contributed by atoms with Crippen molar-refractivity contribution in [1.82, 2.24) is 15.1 Å². The number of nitrogens with zero attached hydrogens (tertiary/aromatic N) is 2. The first kappa shape index (κ1) is 26.7. The van der Waals surface area contributed by atoms with Gasteiger partial charge >= 0.3 is 0 Å². The Labute approximate surface area is 219 Å². The molecule has 36 heavy (non-hydrogen) atoms. The maximum atomic E-state index is 12.8. The summed E-state index contributed by atoms with van der Waals surface area (Å²) in [6.07, 6.45) is 2.50. The topological polar surface area (TPSA) is 63.3 Å². The quantitative estimate of drug-likeness (QED) is 0.516. The molecule has 196 valence electrons. The molecule has 2 atom stereocenters. The van der Waals surface area contributed by atoms with Crippen molar-refractivity contribution in [3.8, 4) is 11.5 Å². The third-order valence-corrected chi connectivity index (χ3v) is 7.51. The van der Waals surface area contributed by atoms with E-state index in [0.717, 1.165) is 80.9 Å². The Morgan fingerprint density at radius 1 is 1.03 bits per heavy atom. The molecule has 0 aromatic heterocycles. The Kier molecular flexibility index (Phi) is 9.87. The van der Waals surface area contributed by atoms with E-state index >= 15 is 0 Å². The van der Waals surface area contributed by atoms with Crippen LogP contribution in [0.15, 0.2) is 42.5 Å². The van der Waals surface area contributed by atoms with Gasteiger partial charge in [0.1, 0.15) is 11.5 Å². The molecule has 7 nitrogen and oxygen atoms in total. The number of amides is 1. The lowest BCUT2D eigenvalue weighted by molar-refractivity contribution is -0.121. The first-order chi connectivity index (χ1) is 17.5. The molecule has 2 fully saturated rings. The molecule has 2 aliphatic heterocycles. The zero-order chi connectivity index (χ0) is 25.3. The summed E-state index contributed by atoms with van der Waals surface area (Å²) < 4.78 is 16.3.